The quantitative estimate of drug-likeness (QED) is 0.480. The van der Waals surface area contributed by atoms with E-state index in [0.29, 0.717) is 24.4 Å². The molecule has 3 heteroatoms. The molecule has 3 unspecified atom stereocenters. The average Bonchev–Trinajstić information content (AvgIpc) is 2.64. The number of hydrogen-bond acceptors (Lipinski definition) is 3. The summed E-state index contributed by atoms with van der Waals surface area (Å²) in [6.45, 7) is 0. The van der Waals surface area contributed by atoms with E-state index in [1.54, 1.807) is 0 Å². The van der Waals surface area contributed by atoms with Gasteiger partial charge in [0.05, 0.1) is 13.5 Å². The van der Waals surface area contributed by atoms with E-state index >= 15 is 0 Å². The van der Waals surface area contributed by atoms with Crippen LogP contribution in [0.3, 0.4) is 0 Å². The second kappa shape index (κ2) is 2.90. The summed E-state index contributed by atoms with van der Waals surface area (Å²) in [5.74, 6) is 0.433. The van der Waals surface area contributed by atoms with Crippen molar-refractivity contribution in [2.75, 3.05) is 7.11 Å². The molecule has 0 amide bonds. The molecule has 1 heterocycles. The van der Waals surface area contributed by atoms with Crippen LogP contribution in [0.5, 0.6) is 0 Å². The van der Waals surface area contributed by atoms with Gasteiger partial charge in [0.15, 0.2) is 0 Å². The summed E-state index contributed by atoms with van der Waals surface area (Å²) in [4.78, 5) is 11.0. The molecule has 0 spiro atoms. The number of ether oxygens (including phenoxy) is 1. The standard InChI is InChI=1S/C9H13NO2/c1-12-9(11)5-8-6-2-3-7(4-6)10-8/h2-3,6-8,10H,4-5H2,1H3. The van der Waals surface area contributed by atoms with Crippen LogP contribution in [0.25, 0.3) is 0 Å². The van der Waals surface area contributed by atoms with E-state index < -0.39 is 0 Å². The van der Waals surface area contributed by atoms with Crippen LogP contribution >= 0.6 is 0 Å². The summed E-state index contributed by atoms with van der Waals surface area (Å²) in [6, 6.07) is 0.817. The van der Waals surface area contributed by atoms with Crippen molar-refractivity contribution < 1.29 is 9.53 Å². The Morgan fingerprint density at radius 2 is 2.50 bits per heavy atom. The molecule has 2 bridgehead atoms. The van der Waals surface area contributed by atoms with Gasteiger partial charge >= 0.3 is 5.97 Å². The van der Waals surface area contributed by atoms with Gasteiger partial charge in [0, 0.05) is 12.1 Å². The zero-order chi connectivity index (χ0) is 8.55. The average molecular weight is 167 g/mol. The van der Waals surface area contributed by atoms with Gasteiger partial charge in [-0.2, -0.15) is 0 Å². The summed E-state index contributed by atoms with van der Waals surface area (Å²) in [5, 5.41) is 3.37. The number of fused-ring (bicyclic) bond motifs is 2. The van der Waals surface area contributed by atoms with Gasteiger partial charge in [0.1, 0.15) is 0 Å². The minimum Gasteiger partial charge on any atom is -0.469 e. The van der Waals surface area contributed by atoms with Gasteiger partial charge in [0.2, 0.25) is 0 Å². The van der Waals surface area contributed by atoms with E-state index in [0.717, 1.165) is 6.42 Å². The smallest absolute Gasteiger partial charge is 0.307 e. The zero-order valence-electron chi connectivity index (χ0n) is 7.12. The van der Waals surface area contributed by atoms with Gasteiger partial charge in [-0.1, -0.05) is 12.2 Å². The Hall–Kier alpha value is -0.830. The molecule has 0 radical (unpaired) electrons. The Labute approximate surface area is 71.8 Å². The summed E-state index contributed by atoms with van der Waals surface area (Å²) in [6.07, 6.45) is 6.04. The van der Waals surface area contributed by atoms with Crippen molar-refractivity contribution in [3.8, 4) is 0 Å². The Bertz CT molecular complexity index is 225. The number of nitrogens with one attached hydrogen (secondary N) is 1. The first-order chi connectivity index (χ1) is 5.79. The lowest BCUT2D eigenvalue weighted by Gasteiger charge is -2.17. The van der Waals surface area contributed by atoms with Gasteiger partial charge in [-0.05, 0) is 12.3 Å². The Morgan fingerprint density at radius 3 is 3.00 bits per heavy atom. The van der Waals surface area contributed by atoms with E-state index in [4.69, 9.17) is 0 Å². The van der Waals surface area contributed by atoms with Crippen LogP contribution in [-0.2, 0) is 9.53 Å². The first kappa shape index (κ1) is 7.80. The maximum Gasteiger partial charge on any atom is 0.307 e. The highest BCUT2D eigenvalue weighted by Crippen LogP contribution is 2.30. The van der Waals surface area contributed by atoms with Crippen LogP contribution in [0.4, 0.5) is 0 Å². The molecule has 1 aliphatic heterocycles. The summed E-state index contributed by atoms with van der Waals surface area (Å²) in [7, 11) is 1.44. The second-order valence-electron chi connectivity index (χ2n) is 3.44. The molecule has 1 aliphatic carbocycles. The van der Waals surface area contributed by atoms with Crippen LogP contribution < -0.4 is 5.32 Å². The minimum atomic E-state index is -0.117. The first-order valence-electron chi connectivity index (χ1n) is 4.31. The van der Waals surface area contributed by atoms with Crippen LogP contribution in [-0.4, -0.2) is 25.2 Å². The van der Waals surface area contributed by atoms with Crippen LogP contribution in [0.2, 0.25) is 0 Å². The van der Waals surface area contributed by atoms with Crippen molar-refractivity contribution in [2.24, 2.45) is 5.92 Å². The van der Waals surface area contributed by atoms with E-state index in [1.807, 2.05) is 0 Å². The van der Waals surface area contributed by atoms with Crippen molar-refractivity contribution in [1.29, 1.82) is 0 Å². The number of carbonyl (C=O) groups is 1. The van der Waals surface area contributed by atoms with Gasteiger partial charge in [0.25, 0.3) is 0 Å². The third-order valence-electron chi connectivity index (χ3n) is 2.68. The number of rotatable bonds is 2. The second-order valence-corrected chi connectivity index (χ2v) is 3.44. The van der Waals surface area contributed by atoms with Crippen molar-refractivity contribution in [3.05, 3.63) is 12.2 Å². The molecular formula is C9H13NO2. The lowest BCUT2D eigenvalue weighted by atomic mass is 10.0. The number of esters is 1. The third kappa shape index (κ3) is 1.25. The number of carbonyl (C=O) groups excluding carboxylic acids is 1. The fourth-order valence-electron chi connectivity index (χ4n) is 2.02. The Balaban J connectivity index is 1.91. The molecule has 0 aromatic carbocycles. The van der Waals surface area contributed by atoms with Gasteiger partial charge in [-0.3, -0.25) is 4.79 Å². The molecule has 2 rings (SSSR count). The molecule has 3 nitrogen and oxygen atoms in total. The highest BCUT2D eigenvalue weighted by molar-refractivity contribution is 5.70. The van der Waals surface area contributed by atoms with Crippen LogP contribution in [0.15, 0.2) is 12.2 Å². The maximum atomic E-state index is 11.0. The van der Waals surface area contributed by atoms with E-state index in [2.05, 4.69) is 22.2 Å². The van der Waals surface area contributed by atoms with Crippen molar-refractivity contribution in [2.45, 2.75) is 24.9 Å². The van der Waals surface area contributed by atoms with Crippen molar-refractivity contribution >= 4 is 5.97 Å². The fourth-order valence-corrected chi connectivity index (χ4v) is 2.02. The normalized spacial score (nSPS) is 37.2. The largest absolute Gasteiger partial charge is 0.469 e. The van der Waals surface area contributed by atoms with Crippen LogP contribution in [0.1, 0.15) is 12.8 Å². The predicted octanol–water partition coefficient (Wildman–Crippen LogP) is 0.466. The monoisotopic (exact) mass is 167 g/mol. The number of hydrogen-bond donors (Lipinski definition) is 1. The molecule has 0 aromatic rings. The first-order valence-corrected chi connectivity index (χ1v) is 4.31. The lowest BCUT2D eigenvalue weighted by Crippen LogP contribution is -2.34. The summed E-state index contributed by atoms with van der Waals surface area (Å²) >= 11 is 0. The molecule has 12 heavy (non-hydrogen) atoms. The molecule has 0 aromatic heterocycles. The van der Waals surface area contributed by atoms with Gasteiger partial charge in [-0.25, -0.2) is 0 Å². The van der Waals surface area contributed by atoms with E-state index in [9.17, 15) is 4.79 Å². The molecule has 1 N–H and O–H groups in total. The van der Waals surface area contributed by atoms with Crippen molar-refractivity contribution in [1.82, 2.24) is 5.32 Å². The zero-order valence-corrected chi connectivity index (χ0v) is 7.12. The molecule has 1 fully saturated rings. The molecule has 2 aliphatic rings. The van der Waals surface area contributed by atoms with Crippen LogP contribution in [0, 0.1) is 5.92 Å². The lowest BCUT2D eigenvalue weighted by molar-refractivity contribution is -0.141. The Kier molecular flexibility index (Phi) is 1.89. The van der Waals surface area contributed by atoms with Gasteiger partial charge < -0.3 is 10.1 Å². The molecule has 1 saturated heterocycles. The summed E-state index contributed by atoms with van der Waals surface area (Å²) in [5.41, 5.74) is 0. The predicted molar refractivity (Wildman–Crippen MR) is 44.6 cm³/mol. The van der Waals surface area contributed by atoms with E-state index in [-0.39, 0.29) is 5.97 Å². The molecule has 66 valence electrons. The Morgan fingerprint density at radius 1 is 1.67 bits per heavy atom. The number of methoxy groups -OCH3 is 1. The van der Waals surface area contributed by atoms with Crippen molar-refractivity contribution in [3.63, 3.8) is 0 Å². The van der Waals surface area contributed by atoms with Gasteiger partial charge in [-0.15, -0.1) is 0 Å². The summed E-state index contributed by atoms with van der Waals surface area (Å²) < 4.78 is 4.62. The maximum absolute atomic E-state index is 11.0. The SMILES string of the molecule is COC(=O)CC1NC2C=CC1C2. The fraction of sp³-hybridized carbons (Fsp3) is 0.667. The minimum absolute atomic E-state index is 0.117. The molecular weight excluding hydrogens is 154 g/mol. The third-order valence-corrected chi connectivity index (χ3v) is 2.68. The topological polar surface area (TPSA) is 38.3 Å². The molecule has 0 saturated carbocycles. The molecule has 3 atom stereocenters. The highest BCUT2D eigenvalue weighted by atomic mass is 16.5. The highest BCUT2D eigenvalue weighted by Gasteiger charge is 2.36. The van der Waals surface area contributed by atoms with E-state index in [1.165, 1.54) is 7.11 Å².